The van der Waals surface area contributed by atoms with Gasteiger partial charge in [-0.05, 0) is 32.1 Å². The van der Waals surface area contributed by atoms with Crippen molar-refractivity contribution in [3.63, 3.8) is 0 Å². The first-order valence-electron chi connectivity index (χ1n) is 7.37. The largest absolute Gasteiger partial charge is 0.409 e. The first kappa shape index (κ1) is 14.2. The zero-order chi connectivity index (χ0) is 13.9. The number of oxime groups is 1. The zero-order valence-corrected chi connectivity index (χ0v) is 11.8. The molecule has 0 saturated heterocycles. The molecule has 2 fully saturated rings. The molecule has 108 valence electrons. The minimum absolute atomic E-state index is 0.0504. The van der Waals surface area contributed by atoms with Gasteiger partial charge in [-0.3, -0.25) is 4.79 Å². The molecule has 2 rings (SSSR count). The lowest BCUT2D eigenvalue weighted by Gasteiger charge is -2.41. The number of nitrogens with two attached hydrogens (primary N) is 1. The third-order valence-corrected chi connectivity index (χ3v) is 4.91. The van der Waals surface area contributed by atoms with E-state index in [1.54, 1.807) is 0 Å². The standard InChI is InChI=1S/C14H25N3O2/c1-17(11-7-6-8-11)13(18)14(12(15)16-19)9-4-2-3-5-10-14/h11,19H,2-10H2,1H3,(H2,15,16). The van der Waals surface area contributed by atoms with E-state index in [9.17, 15) is 4.79 Å². The summed E-state index contributed by atoms with van der Waals surface area (Å²) in [5.41, 5.74) is 5.13. The van der Waals surface area contributed by atoms with Crippen molar-refractivity contribution in [1.29, 1.82) is 0 Å². The summed E-state index contributed by atoms with van der Waals surface area (Å²) in [5.74, 6) is 0.153. The normalized spacial score (nSPS) is 24.4. The maximum absolute atomic E-state index is 12.9. The van der Waals surface area contributed by atoms with Crippen molar-refractivity contribution in [3.05, 3.63) is 0 Å². The van der Waals surface area contributed by atoms with Crippen LogP contribution in [-0.2, 0) is 4.79 Å². The summed E-state index contributed by atoms with van der Waals surface area (Å²) in [6.45, 7) is 0. The topological polar surface area (TPSA) is 78.9 Å². The molecule has 2 saturated carbocycles. The maximum Gasteiger partial charge on any atom is 0.236 e. The lowest BCUT2D eigenvalue weighted by molar-refractivity contribution is -0.141. The van der Waals surface area contributed by atoms with Gasteiger partial charge in [0, 0.05) is 13.1 Å². The van der Waals surface area contributed by atoms with Crippen molar-refractivity contribution >= 4 is 11.7 Å². The van der Waals surface area contributed by atoms with Gasteiger partial charge in [0.05, 0.1) is 0 Å². The number of carbonyl (C=O) groups excluding carboxylic acids is 1. The lowest BCUT2D eigenvalue weighted by atomic mass is 9.76. The van der Waals surface area contributed by atoms with E-state index in [1.165, 1.54) is 6.42 Å². The second-order valence-electron chi connectivity index (χ2n) is 5.98. The van der Waals surface area contributed by atoms with Crippen molar-refractivity contribution in [2.75, 3.05) is 7.05 Å². The second-order valence-corrected chi connectivity index (χ2v) is 5.98. The Kier molecular flexibility index (Phi) is 4.32. The van der Waals surface area contributed by atoms with Crippen LogP contribution in [-0.4, -0.2) is 34.9 Å². The number of amides is 1. The summed E-state index contributed by atoms with van der Waals surface area (Å²) in [5, 5.41) is 12.3. The smallest absolute Gasteiger partial charge is 0.236 e. The van der Waals surface area contributed by atoms with Gasteiger partial charge in [-0.15, -0.1) is 0 Å². The molecule has 5 nitrogen and oxygen atoms in total. The monoisotopic (exact) mass is 267 g/mol. The average Bonchev–Trinajstić information content (AvgIpc) is 2.61. The molecule has 1 amide bonds. The highest BCUT2D eigenvalue weighted by Crippen LogP contribution is 2.38. The van der Waals surface area contributed by atoms with E-state index in [0.29, 0.717) is 18.9 Å². The molecule has 2 aliphatic carbocycles. The fraction of sp³-hybridized carbons (Fsp3) is 0.857. The van der Waals surface area contributed by atoms with Gasteiger partial charge in [0.1, 0.15) is 5.41 Å². The van der Waals surface area contributed by atoms with Crippen molar-refractivity contribution in [2.24, 2.45) is 16.3 Å². The third kappa shape index (κ3) is 2.55. The Morgan fingerprint density at radius 1 is 1.21 bits per heavy atom. The van der Waals surface area contributed by atoms with Gasteiger partial charge in [-0.2, -0.15) is 0 Å². The number of carbonyl (C=O) groups is 1. The number of nitrogens with zero attached hydrogens (tertiary/aromatic N) is 2. The molecule has 0 aliphatic heterocycles. The van der Waals surface area contributed by atoms with Crippen LogP contribution in [0.3, 0.4) is 0 Å². The SMILES string of the molecule is CN(C(=O)C1(C(N)=NO)CCCCCC1)C1CCC1. The molecule has 0 radical (unpaired) electrons. The van der Waals surface area contributed by atoms with Crippen molar-refractivity contribution in [3.8, 4) is 0 Å². The molecular weight excluding hydrogens is 242 g/mol. The van der Waals surface area contributed by atoms with Crippen LogP contribution in [0, 0.1) is 5.41 Å². The fourth-order valence-electron chi connectivity index (χ4n) is 3.28. The van der Waals surface area contributed by atoms with Gasteiger partial charge >= 0.3 is 0 Å². The first-order chi connectivity index (χ1) is 9.12. The van der Waals surface area contributed by atoms with Crippen molar-refractivity contribution in [1.82, 2.24) is 4.90 Å². The van der Waals surface area contributed by atoms with Crippen molar-refractivity contribution < 1.29 is 10.0 Å². The highest BCUT2D eigenvalue weighted by atomic mass is 16.4. The molecule has 0 unspecified atom stereocenters. The van der Waals surface area contributed by atoms with E-state index in [2.05, 4.69) is 5.16 Å². The summed E-state index contributed by atoms with van der Waals surface area (Å²) in [7, 11) is 1.86. The average molecular weight is 267 g/mol. The number of hydrogen-bond donors (Lipinski definition) is 2. The number of amidine groups is 1. The van der Waals surface area contributed by atoms with Crippen molar-refractivity contribution in [2.45, 2.75) is 63.8 Å². The van der Waals surface area contributed by atoms with E-state index in [0.717, 1.165) is 38.5 Å². The zero-order valence-electron chi connectivity index (χ0n) is 11.8. The van der Waals surface area contributed by atoms with Crippen LogP contribution in [0.1, 0.15) is 57.8 Å². The summed E-state index contributed by atoms with van der Waals surface area (Å²) in [6, 6.07) is 0.346. The van der Waals surface area contributed by atoms with Gasteiger partial charge in [-0.1, -0.05) is 30.8 Å². The van der Waals surface area contributed by atoms with Crippen LogP contribution in [0.2, 0.25) is 0 Å². The molecule has 0 spiro atoms. The van der Waals surface area contributed by atoms with E-state index in [-0.39, 0.29) is 11.7 Å². The molecule has 19 heavy (non-hydrogen) atoms. The van der Waals surface area contributed by atoms with Gasteiger partial charge in [0.2, 0.25) is 5.91 Å². The quantitative estimate of drug-likeness (QED) is 0.270. The molecule has 3 N–H and O–H groups in total. The van der Waals surface area contributed by atoms with E-state index < -0.39 is 5.41 Å². The Morgan fingerprint density at radius 2 is 1.79 bits per heavy atom. The molecule has 0 heterocycles. The number of rotatable bonds is 3. The predicted octanol–water partition coefficient (Wildman–Crippen LogP) is 2.08. The highest BCUT2D eigenvalue weighted by molar-refractivity contribution is 6.06. The molecule has 2 aliphatic rings. The van der Waals surface area contributed by atoms with Gasteiger partial charge < -0.3 is 15.8 Å². The van der Waals surface area contributed by atoms with Crippen LogP contribution in [0.4, 0.5) is 0 Å². The molecular formula is C14H25N3O2. The minimum Gasteiger partial charge on any atom is -0.409 e. The molecule has 0 aromatic heterocycles. The summed E-state index contributed by atoms with van der Waals surface area (Å²) >= 11 is 0. The Morgan fingerprint density at radius 3 is 2.21 bits per heavy atom. The highest BCUT2D eigenvalue weighted by Gasteiger charge is 2.46. The Labute approximate surface area is 114 Å². The maximum atomic E-state index is 12.9. The third-order valence-electron chi connectivity index (χ3n) is 4.91. The minimum atomic E-state index is -0.768. The first-order valence-corrected chi connectivity index (χ1v) is 7.37. The Balaban J connectivity index is 2.22. The lowest BCUT2D eigenvalue weighted by Crippen LogP contribution is -2.54. The van der Waals surface area contributed by atoms with E-state index >= 15 is 0 Å². The Hall–Kier alpha value is -1.26. The predicted molar refractivity (Wildman–Crippen MR) is 74.0 cm³/mol. The molecule has 0 atom stereocenters. The van der Waals surface area contributed by atoms with Crippen LogP contribution in [0.25, 0.3) is 0 Å². The van der Waals surface area contributed by atoms with Gasteiger partial charge in [0.25, 0.3) is 0 Å². The second kappa shape index (κ2) is 5.80. The fourth-order valence-corrected chi connectivity index (χ4v) is 3.28. The summed E-state index contributed by atoms with van der Waals surface area (Å²) < 4.78 is 0. The van der Waals surface area contributed by atoms with Crippen LogP contribution >= 0.6 is 0 Å². The van der Waals surface area contributed by atoms with Crippen LogP contribution < -0.4 is 5.73 Å². The summed E-state index contributed by atoms with van der Waals surface area (Å²) in [4.78, 5) is 14.7. The molecule has 0 aromatic carbocycles. The Bertz CT molecular complexity index is 356. The van der Waals surface area contributed by atoms with Crippen LogP contribution in [0.15, 0.2) is 5.16 Å². The van der Waals surface area contributed by atoms with Crippen LogP contribution in [0.5, 0.6) is 0 Å². The molecule has 5 heteroatoms. The number of hydrogen-bond acceptors (Lipinski definition) is 3. The molecule has 0 aromatic rings. The van der Waals surface area contributed by atoms with Gasteiger partial charge in [0.15, 0.2) is 5.84 Å². The molecule has 0 bridgehead atoms. The van der Waals surface area contributed by atoms with E-state index in [1.807, 2.05) is 11.9 Å². The van der Waals surface area contributed by atoms with E-state index in [4.69, 9.17) is 10.9 Å². The summed E-state index contributed by atoms with van der Waals surface area (Å²) in [6.07, 6.45) is 8.96. The van der Waals surface area contributed by atoms with Gasteiger partial charge in [-0.25, -0.2) is 0 Å².